The van der Waals surface area contributed by atoms with Gasteiger partial charge in [0.2, 0.25) is 0 Å². The van der Waals surface area contributed by atoms with Crippen molar-refractivity contribution in [3.63, 3.8) is 0 Å². The molecule has 0 aliphatic heterocycles. The molecule has 1 rings (SSSR count). The van der Waals surface area contributed by atoms with Crippen molar-refractivity contribution in [1.29, 1.82) is 0 Å². The van der Waals surface area contributed by atoms with Gasteiger partial charge in [0.15, 0.2) is 0 Å². The van der Waals surface area contributed by atoms with Crippen LogP contribution in [0.3, 0.4) is 0 Å². The van der Waals surface area contributed by atoms with Gasteiger partial charge in [-0.05, 0) is 28.1 Å². The van der Waals surface area contributed by atoms with Gasteiger partial charge in [0, 0.05) is 16.5 Å². The Morgan fingerprint density at radius 3 is 2.94 bits per heavy atom. The zero-order valence-electron chi connectivity index (χ0n) is 9.15. The van der Waals surface area contributed by atoms with Crippen molar-refractivity contribution >= 4 is 33.5 Å². The number of ether oxygens (including phenoxy) is 1. The number of benzene rings is 1. The first kappa shape index (κ1) is 13.5. The van der Waals surface area contributed by atoms with Crippen molar-refractivity contribution in [3.05, 3.63) is 28.7 Å². The number of methoxy groups -OCH3 is 1. The molecule has 16 heavy (non-hydrogen) atoms. The van der Waals surface area contributed by atoms with Gasteiger partial charge in [0.25, 0.3) is 0 Å². The van der Waals surface area contributed by atoms with Crippen LogP contribution in [0.25, 0.3) is 0 Å². The zero-order valence-corrected chi connectivity index (χ0v) is 11.6. The molecular weight excluding hydrogens is 288 g/mol. The second-order valence-corrected chi connectivity index (χ2v) is 4.96. The second kappa shape index (κ2) is 7.70. The Morgan fingerprint density at radius 1 is 1.50 bits per heavy atom. The van der Waals surface area contributed by atoms with E-state index in [4.69, 9.17) is 10.5 Å². The van der Waals surface area contributed by atoms with Crippen LogP contribution in [0.1, 0.15) is 0 Å². The highest BCUT2D eigenvalue weighted by atomic mass is 79.9. The van der Waals surface area contributed by atoms with E-state index in [1.54, 1.807) is 18.9 Å². The van der Waals surface area contributed by atoms with E-state index in [1.165, 1.54) is 4.90 Å². The molecule has 0 fully saturated rings. The Kier molecular flexibility index (Phi) is 6.52. The normalized spacial score (nSPS) is 11.8. The fourth-order valence-corrected chi connectivity index (χ4v) is 2.44. The molecule has 0 amide bonds. The van der Waals surface area contributed by atoms with Crippen molar-refractivity contribution in [1.82, 2.24) is 0 Å². The molecule has 0 atom stereocenters. The molecule has 0 aliphatic carbocycles. The fraction of sp³-hybridized carbons (Fsp3) is 0.364. The van der Waals surface area contributed by atoms with Gasteiger partial charge < -0.3 is 10.5 Å². The minimum atomic E-state index is 0.612. The number of rotatable bonds is 6. The molecule has 0 saturated heterocycles. The van der Waals surface area contributed by atoms with Gasteiger partial charge in [-0.25, -0.2) is 0 Å². The minimum Gasteiger partial charge on any atom is -0.387 e. The molecule has 1 aromatic rings. The Morgan fingerprint density at radius 2 is 2.25 bits per heavy atom. The summed E-state index contributed by atoms with van der Waals surface area (Å²) in [5.41, 5.74) is 5.77. The van der Waals surface area contributed by atoms with Crippen LogP contribution in [0.4, 0.5) is 0 Å². The van der Waals surface area contributed by atoms with Crippen LogP contribution in [0, 0.1) is 0 Å². The predicted octanol–water partition coefficient (Wildman–Crippen LogP) is 2.54. The minimum absolute atomic E-state index is 0.612. The quantitative estimate of drug-likeness (QED) is 0.380. The van der Waals surface area contributed by atoms with E-state index in [-0.39, 0.29) is 0 Å². The van der Waals surface area contributed by atoms with Crippen LogP contribution in [0.5, 0.6) is 0 Å². The third-order valence-electron chi connectivity index (χ3n) is 1.82. The van der Waals surface area contributed by atoms with E-state index in [2.05, 4.69) is 27.0 Å². The van der Waals surface area contributed by atoms with E-state index < -0.39 is 0 Å². The van der Waals surface area contributed by atoms with Gasteiger partial charge in [0.05, 0.1) is 18.9 Å². The van der Waals surface area contributed by atoms with Gasteiger partial charge in [-0.2, -0.15) is 0 Å². The summed E-state index contributed by atoms with van der Waals surface area (Å²) in [6, 6.07) is 8.06. The largest absolute Gasteiger partial charge is 0.387 e. The lowest BCUT2D eigenvalue weighted by atomic mass is 10.4. The summed E-state index contributed by atoms with van der Waals surface area (Å²) in [6.07, 6.45) is 0. The second-order valence-electron chi connectivity index (χ2n) is 3.08. The van der Waals surface area contributed by atoms with Crippen LogP contribution >= 0.6 is 27.7 Å². The molecule has 0 aliphatic rings. The zero-order chi connectivity index (χ0) is 11.8. The van der Waals surface area contributed by atoms with Gasteiger partial charge >= 0.3 is 0 Å². The molecule has 88 valence electrons. The summed E-state index contributed by atoms with van der Waals surface area (Å²) in [7, 11) is 1.65. The number of halogens is 1. The molecule has 0 saturated carbocycles. The van der Waals surface area contributed by atoms with E-state index in [9.17, 15) is 0 Å². The first-order valence-corrected chi connectivity index (χ1v) is 6.67. The number of nitrogens with two attached hydrogens (primary N) is 1. The predicted molar refractivity (Wildman–Crippen MR) is 73.2 cm³/mol. The van der Waals surface area contributed by atoms with Gasteiger partial charge in [-0.1, -0.05) is 12.1 Å². The molecule has 0 heterocycles. The van der Waals surface area contributed by atoms with Crippen molar-refractivity contribution < 1.29 is 4.74 Å². The maximum Gasteiger partial charge on any atom is 0.104 e. The Bertz CT molecular complexity index is 358. The molecule has 0 radical (unpaired) electrons. The number of thioether (sulfide) groups is 1. The summed E-state index contributed by atoms with van der Waals surface area (Å²) in [4.78, 5) is 5.37. The average Bonchev–Trinajstić information content (AvgIpc) is 2.28. The highest BCUT2D eigenvalue weighted by Crippen LogP contribution is 2.26. The van der Waals surface area contributed by atoms with Crippen LogP contribution in [0.2, 0.25) is 0 Å². The number of aliphatic imine (C=N–C) groups is 1. The van der Waals surface area contributed by atoms with E-state index in [0.717, 1.165) is 4.47 Å². The van der Waals surface area contributed by atoms with Crippen LogP contribution < -0.4 is 5.73 Å². The van der Waals surface area contributed by atoms with Crippen molar-refractivity contribution in [2.45, 2.75) is 4.90 Å². The SMILES string of the molecule is COCCN=C(N)CSc1ccccc1Br. The maximum absolute atomic E-state index is 5.77. The van der Waals surface area contributed by atoms with Gasteiger partial charge in [-0.15, -0.1) is 11.8 Å². The highest BCUT2D eigenvalue weighted by Gasteiger charge is 2.00. The lowest BCUT2D eigenvalue weighted by molar-refractivity contribution is 0.208. The number of amidine groups is 1. The standard InChI is InChI=1S/C11H15BrN2OS/c1-15-7-6-14-11(13)8-16-10-5-3-2-4-9(10)12/h2-5H,6-8H2,1H3,(H2,13,14). The molecule has 0 spiro atoms. The summed E-state index contributed by atoms with van der Waals surface area (Å²) >= 11 is 5.16. The summed E-state index contributed by atoms with van der Waals surface area (Å²) in [5, 5.41) is 0. The molecule has 5 heteroatoms. The number of hydrogen-bond donors (Lipinski definition) is 1. The maximum atomic E-state index is 5.77. The molecule has 0 bridgehead atoms. The Labute approximate surface area is 109 Å². The molecule has 0 unspecified atom stereocenters. The highest BCUT2D eigenvalue weighted by molar-refractivity contribution is 9.10. The summed E-state index contributed by atoms with van der Waals surface area (Å²) in [5.74, 6) is 1.35. The average molecular weight is 303 g/mol. The lowest BCUT2D eigenvalue weighted by Gasteiger charge is -2.03. The third-order valence-corrected chi connectivity index (χ3v) is 3.88. The number of hydrogen-bond acceptors (Lipinski definition) is 3. The number of nitrogens with zero attached hydrogens (tertiary/aromatic N) is 1. The van der Waals surface area contributed by atoms with Crippen LogP contribution in [-0.2, 0) is 4.74 Å². The molecule has 3 nitrogen and oxygen atoms in total. The summed E-state index contributed by atoms with van der Waals surface area (Å²) in [6.45, 7) is 1.24. The molecular formula is C11H15BrN2OS. The fourth-order valence-electron chi connectivity index (χ4n) is 1.04. The van der Waals surface area contributed by atoms with E-state index in [0.29, 0.717) is 24.7 Å². The topological polar surface area (TPSA) is 47.6 Å². The molecule has 1 aromatic carbocycles. The van der Waals surface area contributed by atoms with Crippen molar-refractivity contribution in [3.8, 4) is 0 Å². The Hall–Kier alpha value is -0.520. The van der Waals surface area contributed by atoms with E-state index >= 15 is 0 Å². The van der Waals surface area contributed by atoms with E-state index in [1.807, 2.05) is 18.2 Å². The van der Waals surface area contributed by atoms with Crippen LogP contribution in [0.15, 0.2) is 38.6 Å². The van der Waals surface area contributed by atoms with Crippen LogP contribution in [-0.4, -0.2) is 31.8 Å². The molecule has 0 aromatic heterocycles. The Balaban J connectivity index is 2.40. The lowest BCUT2D eigenvalue weighted by Crippen LogP contribution is -2.16. The van der Waals surface area contributed by atoms with Crippen molar-refractivity contribution in [2.24, 2.45) is 10.7 Å². The summed E-state index contributed by atoms with van der Waals surface area (Å²) < 4.78 is 5.98. The van der Waals surface area contributed by atoms with Gasteiger partial charge in [-0.3, -0.25) is 4.99 Å². The first-order valence-electron chi connectivity index (χ1n) is 4.89. The van der Waals surface area contributed by atoms with Gasteiger partial charge in [0.1, 0.15) is 5.84 Å². The first-order chi connectivity index (χ1) is 7.74. The monoisotopic (exact) mass is 302 g/mol. The smallest absolute Gasteiger partial charge is 0.104 e. The van der Waals surface area contributed by atoms with Crippen molar-refractivity contribution in [2.75, 3.05) is 26.0 Å². The third kappa shape index (κ3) is 5.01. The molecule has 2 N–H and O–H groups in total.